The largest absolute Gasteiger partial charge is 0.483 e. The molecule has 0 aromatic heterocycles. The first-order chi connectivity index (χ1) is 8.19. The highest BCUT2D eigenvalue weighted by Crippen LogP contribution is 1.86. The van der Waals surface area contributed by atoms with E-state index in [2.05, 4.69) is 0 Å². The molecule has 0 aromatic carbocycles. The third-order valence-corrected chi connectivity index (χ3v) is 0.553. The Morgan fingerprint density at radius 2 is 1.11 bits per heavy atom. The van der Waals surface area contributed by atoms with Crippen molar-refractivity contribution < 1.29 is 44.7 Å². The summed E-state index contributed by atoms with van der Waals surface area (Å²) in [5.41, 5.74) is 0. The zero-order valence-corrected chi connectivity index (χ0v) is 10.1. The molecule has 0 aromatic rings. The van der Waals surface area contributed by atoms with Crippen LogP contribution in [0.3, 0.4) is 0 Å². The summed E-state index contributed by atoms with van der Waals surface area (Å²) in [7, 11) is 0. The highest BCUT2D eigenvalue weighted by Gasteiger charge is 2.00. The van der Waals surface area contributed by atoms with Crippen molar-refractivity contribution in [3.8, 4) is 0 Å². The lowest BCUT2D eigenvalue weighted by Crippen LogP contribution is -2.00. The first-order valence-corrected chi connectivity index (χ1v) is 4.51. The second kappa shape index (κ2) is 24.2. The van der Waals surface area contributed by atoms with Gasteiger partial charge in [-0.2, -0.15) is 0 Å². The third-order valence-electron chi connectivity index (χ3n) is 0.553. The molecule has 0 unspecified atom stereocenters. The Kier molecular flexibility index (Phi) is 33.4. The van der Waals surface area contributed by atoms with E-state index in [-0.39, 0.29) is 25.9 Å². The summed E-state index contributed by atoms with van der Waals surface area (Å²) in [6.07, 6.45) is -0.593. The second-order valence-corrected chi connectivity index (χ2v) is 2.23. The monoisotopic (exact) mass is 270 g/mol. The van der Waals surface area contributed by atoms with Crippen molar-refractivity contribution in [2.75, 3.05) is 6.61 Å². The summed E-state index contributed by atoms with van der Waals surface area (Å²) in [6.45, 7) is 2.76. The van der Waals surface area contributed by atoms with Crippen LogP contribution in [-0.2, 0) is 19.2 Å². The highest BCUT2D eigenvalue weighted by molar-refractivity contribution is 5.75. The van der Waals surface area contributed by atoms with Crippen LogP contribution in [0.15, 0.2) is 0 Å². The number of aliphatic hydroxyl groups excluding tert-OH is 1. The molecule has 0 rings (SSSR count). The van der Waals surface area contributed by atoms with E-state index in [0.29, 0.717) is 0 Å². The lowest BCUT2D eigenvalue weighted by molar-refractivity contribution is -0.143. The van der Waals surface area contributed by atoms with Gasteiger partial charge in [0.2, 0.25) is 0 Å². The summed E-state index contributed by atoms with van der Waals surface area (Å²) in [5, 5.41) is 37.7. The Bertz CT molecular complexity index is 206. The van der Waals surface area contributed by atoms with E-state index in [1.165, 1.54) is 0 Å². The minimum Gasteiger partial charge on any atom is -0.483 e. The number of carboxylic acid groups (broad SMARTS) is 4. The fraction of sp³-hybridized carbons (Fsp3) is 0.556. The minimum atomic E-state index is -1.08. The molecule has 0 aliphatic rings. The van der Waals surface area contributed by atoms with Crippen molar-refractivity contribution in [1.29, 1.82) is 0 Å². The number of hydrogen-bond donors (Lipinski definition) is 5. The average molecular weight is 270 g/mol. The smallest absolute Gasteiger partial charge is 0.303 e. The topological polar surface area (TPSA) is 169 Å². The van der Waals surface area contributed by atoms with Gasteiger partial charge in [-0.05, 0) is 6.92 Å². The maximum absolute atomic E-state index is 9.64. The predicted octanol–water partition coefficient (Wildman–Crippen LogP) is -0.274. The molecule has 18 heavy (non-hydrogen) atoms. The number of carboxylic acids is 3. The number of carbonyl (C=O) groups is 4. The standard InChI is InChI=1S/C4H6O4.C2H4O2.C2H6O.CH2O2/c5-3(6)1-2-4(7)8;1-2(3)4;1-2-3;2-1-3/h1-2H2,(H,5,6)(H,7,8);1H3,(H,3,4);3H,2H2,1H3;1H,(H,2,3). The van der Waals surface area contributed by atoms with Gasteiger partial charge in [0.25, 0.3) is 12.4 Å². The number of aliphatic carboxylic acids is 3. The lowest BCUT2D eigenvalue weighted by atomic mass is 10.3. The summed E-state index contributed by atoms with van der Waals surface area (Å²) in [4.78, 5) is 36.6. The van der Waals surface area contributed by atoms with Gasteiger partial charge in [-0.15, -0.1) is 0 Å². The van der Waals surface area contributed by atoms with Gasteiger partial charge < -0.3 is 25.5 Å². The molecule has 0 heterocycles. The quantitative estimate of drug-likeness (QED) is 0.433. The van der Waals surface area contributed by atoms with Crippen molar-refractivity contribution in [2.45, 2.75) is 26.7 Å². The van der Waals surface area contributed by atoms with Crippen LogP contribution >= 0.6 is 0 Å². The lowest BCUT2D eigenvalue weighted by Gasteiger charge is -1.85. The predicted molar refractivity (Wildman–Crippen MR) is 59.3 cm³/mol. The molecular formula is C9H18O9. The molecule has 0 atom stereocenters. The summed E-state index contributed by atoms with van der Waals surface area (Å²) in [6, 6.07) is 0. The number of rotatable bonds is 3. The van der Waals surface area contributed by atoms with E-state index in [1.54, 1.807) is 6.92 Å². The summed E-state index contributed by atoms with van der Waals surface area (Å²) in [5.74, 6) is -2.99. The normalized spacial score (nSPS) is 6.83. The van der Waals surface area contributed by atoms with Gasteiger partial charge >= 0.3 is 11.9 Å². The van der Waals surface area contributed by atoms with Crippen molar-refractivity contribution in [3.05, 3.63) is 0 Å². The van der Waals surface area contributed by atoms with Crippen molar-refractivity contribution in [3.63, 3.8) is 0 Å². The molecule has 0 radical (unpaired) electrons. The number of hydrogen-bond acceptors (Lipinski definition) is 5. The van der Waals surface area contributed by atoms with Crippen molar-refractivity contribution in [2.24, 2.45) is 0 Å². The summed E-state index contributed by atoms with van der Waals surface area (Å²) < 4.78 is 0. The van der Waals surface area contributed by atoms with Crippen LogP contribution in [0.4, 0.5) is 0 Å². The molecule has 9 heteroatoms. The van der Waals surface area contributed by atoms with Crippen LogP contribution in [0.5, 0.6) is 0 Å². The molecule has 0 spiro atoms. The summed E-state index contributed by atoms with van der Waals surface area (Å²) >= 11 is 0. The van der Waals surface area contributed by atoms with Gasteiger partial charge in [-0.1, -0.05) is 0 Å². The molecule has 0 aliphatic heterocycles. The molecule has 108 valence electrons. The average Bonchev–Trinajstić information content (AvgIpc) is 2.16. The molecule has 0 saturated heterocycles. The van der Waals surface area contributed by atoms with Crippen LogP contribution in [0, 0.1) is 0 Å². The van der Waals surface area contributed by atoms with E-state index >= 15 is 0 Å². The van der Waals surface area contributed by atoms with Crippen LogP contribution in [0.25, 0.3) is 0 Å². The van der Waals surface area contributed by atoms with E-state index < -0.39 is 17.9 Å². The molecule has 0 fully saturated rings. The van der Waals surface area contributed by atoms with E-state index in [9.17, 15) is 9.59 Å². The molecule has 9 nitrogen and oxygen atoms in total. The highest BCUT2D eigenvalue weighted by atomic mass is 16.4. The van der Waals surface area contributed by atoms with Crippen LogP contribution in [0.2, 0.25) is 0 Å². The molecule has 0 saturated carbocycles. The van der Waals surface area contributed by atoms with Gasteiger partial charge in [-0.25, -0.2) is 0 Å². The maximum Gasteiger partial charge on any atom is 0.303 e. The van der Waals surface area contributed by atoms with Gasteiger partial charge in [0, 0.05) is 13.5 Å². The van der Waals surface area contributed by atoms with Gasteiger partial charge in [0.1, 0.15) is 0 Å². The Morgan fingerprint density at radius 3 is 1.17 bits per heavy atom. The third kappa shape index (κ3) is 283. The fourth-order valence-corrected chi connectivity index (χ4v) is 0.214. The fourth-order valence-electron chi connectivity index (χ4n) is 0.214. The molecular weight excluding hydrogens is 252 g/mol. The Hall–Kier alpha value is -2.16. The zero-order chi connectivity index (χ0) is 15.6. The van der Waals surface area contributed by atoms with Gasteiger partial charge in [-0.3, -0.25) is 19.2 Å². The van der Waals surface area contributed by atoms with Crippen LogP contribution < -0.4 is 0 Å². The van der Waals surface area contributed by atoms with Gasteiger partial charge in [0.05, 0.1) is 12.8 Å². The minimum absolute atomic E-state index is 0.250. The maximum atomic E-state index is 9.64. The van der Waals surface area contributed by atoms with Crippen LogP contribution in [-0.4, -0.2) is 56.5 Å². The van der Waals surface area contributed by atoms with Crippen molar-refractivity contribution in [1.82, 2.24) is 0 Å². The first-order valence-electron chi connectivity index (χ1n) is 4.51. The Morgan fingerprint density at radius 1 is 1.00 bits per heavy atom. The van der Waals surface area contributed by atoms with E-state index in [1.807, 2.05) is 0 Å². The van der Waals surface area contributed by atoms with E-state index in [4.69, 9.17) is 35.1 Å². The molecule has 0 amide bonds. The van der Waals surface area contributed by atoms with Gasteiger partial charge in [0.15, 0.2) is 0 Å². The second-order valence-electron chi connectivity index (χ2n) is 2.23. The Labute approximate surface area is 103 Å². The van der Waals surface area contributed by atoms with Crippen LogP contribution in [0.1, 0.15) is 26.7 Å². The zero-order valence-electron chi connectivity index (χ0n) is 10.1. The molecule has 5 N–H and O–H groups in total. The molecule has 0 bridgehead atoms. The van der Waals surface area contributed by atoms with Crippen molar-refractivity contribution >= 4 is 24.4 Å². The number of aliphatic hydroxyl groups is 1. The Balaban J connectivity index is -0.0000000827. The first kappa shape index (κ1) is 24.9. The molecule has 0 aliphatic carbocycles. The van der Waals surface area contributed by atoms with E-state index in [0.717, 1.165) is 6.92 Å². The SMILES string of the molecule is CC(=O)O.CCO.O=C(O)CCC(=O)O.O=CO.